The Bertz CT molecular complexity index is 1000. The molecular formula is C24H31ClN4O4Si. The fourth-order valence-electron chi connectivity index (χ4n) is 4.56. The first kappa shape index (κ1) is 24.5. The van der Waals surface area contributed by atoms with Gasteiger partial charge < -0.3 is 20.7 Å². The molecule has 8 nitrogen and oxygen atoms in total. The van der Waals surface area contributed by atoms with E-state index < -0.39 is 38.5 Å². The SMILES string of the molecule is CC1(CC(NC(=O)OC2(c3cccc(Cl)c3)CC2)C(=O)N[C@H](C#N)C[Si@@H]2CCCNC2=O)CC1. The van der Waals surface area contributed by atoms with Gasteiger partial charge in [-0.3, -0.25) is 9.59 Å². The summed E-state index contributed by atoms with van der Waals surface area (Å²) < 4.78 is 5.77. The predicted octanol–water partition coefficient (Wildman–Crippen LogP) is 3.54. The average molecular weight is 503 g/mol. The molecule has 1 heterocycles. The molecule has 1 saturated heterocycles. The van der Waals surface area contributed by atoms with Crippen LogP contribution in [0.1, 0.15) is 51.0 Å². The molecule has 3 aliphatic rings. The summed E-state index contributed by atoms with van der Waals surface area (Å²) in [6.45, 7) is 2.75. The number of nitriles is 1. The first-order valence-corrected chi connectivity index (χ1v) is 14.5. The number of nitrogens with zero attached hydrogens (tertiary/aromatic N) is 1. The summed E-state index contributed by atoms with van der Waals surface area (Å²) in [6, 6.07) is 9.05. The Morgan fingerprint density at radius 3 is 2.68 bits per heavy atom. The molecule has 3 fully saturated rings. The normalized spacial score (nSPS) is 23.4. The predicted molar refractivity (Wildman–Crippen MR) is 130 cm³/mol. The molecule has 34 heavy (non-hydrogen) atoms. The second-order valence-electron chi connectivity index (χ2n) is 10.2. The van der Waals surface area contributed by atoms with E-state index in [0.29, 0.717) is 36.9 Å². The van der Waals surface area contributed by atoms with Crippen molar-refractivity contribution in [1.82, 2.24) is 16.0 Å². The summed E-state index contributed by atoms with van der Waals surface area (Å²) in [4.78, 5) is 38.1. The zero-order valence-electron chi connectivity index (χ0n) is 19.4. The van der Waals surface area contributed by atoms with Crippen molar-refractivity contribution in [3.8, 4) is 6.07 Å². The van der Waals surface area contributed by atoms with Gasteiger partial charge >= 0.3 is 6.09 Å². The first-order valence-electron chi connectivity index (χ1n) is 12.0. The van der Waals surface area contributed by atoms with Crippen LogP contribution in [0.5, 0.6) is 0 Å². The van der Waals surface area contributed by atoms with Gasteiger partial charge in [0.25, 0.3) is 0 Å². The minimum Gasteiger partial charge on any atom is -0.438 e. The van der Waals surface area contributed by atoms with Crippen molar-refractivity contribution >= 4 is 37.9 Å². The molecule has 1 aromatic rings. The van der Waals surface area contributed by atoms with Crippen LogP contribution in [0.4, 0.5) is 9.59 Å². The van der Waals surface area contributed by atoms with Gasteiger partial charge in [-0.15, -0.1) is 0 Å². The van der Waals surface area contributed by atoms with Gasteiger partial charge in [0.2, 0.25) is 5.91 Å². The summed E-state index contributed by atoms with van der Waals surface area (Å²) in [5.74, 6) is -0.408. The maximum absolute atomic E-state index is 13.1. The van der Waals surface area contributed by atoms with E-state index in [4.69, 9.17) is 16.3 Å². The van der Waals surface area contributed by atoms with E-state index in [9.17, 15) is 19.6 Å². The first-order chi connectivity index (χ1) is 16.2. The number of alkyl carbamates (subject to hydrolysis) is 1. The number of benzene rings is 1. The quantitative estimate of drug-likeness (QED) is 0.446. The maximum atomic E-state index is 13.1. The average Bonchev–Trinajstić information content (AvgIpc) is 3.73. The van der Waals surface area contributed by atoms with E-state index in [1.165, 1.54) is 0 Å². The monoisotopic (exact) mass is 502 g/mol. The number of hydrogen-bond donors (Lipinski definition) is 3. The third-order valence-corrected chi connectivity index (χ3v) is 10.5. The largest absolute Gasteiger partial charge is 0.438 e. The smallest absolute Gasteiger partial charge is 0.408 e. The lowest BCUT2D eigenvalue weighted by molar-refractivity contribution is -0.124. The number of ether oxygens (including phenoxy) is 1. The van der Waals surface area contributed by atoms with Crippen LogP contribution in [0.2, 0.25) is 17.1 Å². The zero-order valence-corrected chi connectivity index (χ0v) is 21.3. The van der Waals surface area contributed by atoms with Crippen LogP contribution in [0, 0.1) is 16.7 Å². The van der Waals surface area contributed by atoms with Crippen LogP contribution in [-0.4, -0.2) is 45.0 Å². The van der Waals surface area contributed by atoms with E-state index in [-0.39, 0.29) is 10.9 Å². The fraction of sp³-hybridized carbons (Fsp3) is 0.583. The molecule has 1 aliphatic heterocycles. The van der Waals surface area contributed by atoms with Gasteiger partial charge in [-0.05, 0) is 73.7 Å². The van der Waals surface area contributed by atoms with Crippen molar-refractivity contribution in [3.63, 3.8) is 0 Å². The lowest BCUT2D eigenvalue weighted by atomic mass is 9.98. The molecule has 0 spiro atoms. The van der Waals surface area contributed by atoms with E-state index in [0.717, 1.165) is 30.9 Å². The van der Waals surface area contributed by atoms with Gasteiger partial charge in [0.15, 0.2) is 5.53 Å². The van der Waals surface area contributed by atoms with E-state index in [1.54, 1.807) is 12.1 Å². The zero-order chi connectivity index (χ0) is 24.3. The molecule has 2 saturated carbocycles. The van der Waals surface area contributed by atoms with Crippen molar-refractivity contribution in [2.75, 3.05) is 6.54 Å². The molecule has 182 valence electrons. The second kappa shape index (κ2) is 9.96. The van der Waals surface area contributed by atoms with Crippen LogP contribution in [-0.2, 0) is 15.1 Å². The summed E-state index contributed by atoms with van der Waals surface area (Å²) in [5.41, 5.74) is 0.166. The third kappa shape index (κ3) is 6.10. The molecule has 1 aromatic carbocycles. The van der Waals surface area contributed by atoms with E-state index in [2.05, 4.69) is 28.9 Å². The van der Waals surface area contributed by atoms with Gasteiger partial charge in [-0.25, -0.2) is 4.79 Å². The molecule has 2 aliphatic carbocycles. The molecule has 4 rings (SSSR count). The van der Waals surface area contributed by atoms with Crippen molar-refractivity contribution in [2.45, 2.75) is 75.2 Å². The van der Waals surface area contributed by atoms with Crippen LogP contribution in [0.15, 0.2) is 24.3 Å². The van der Waals surface area contributed by atoms with Crippen LogP contribution < -0.4 is 16.0 Å². The lowest BCUT2D eigenvalue weighted by Gasteiger charge is -2.26. The van der Waals surface area contributed by atoms with Gasteiger partial charge in [0, 0.05) is 11.6 Å². The number of nitrogens with one attached hydrogen (secondary N) is 3. The number of carbonyl (C=O) groups excluding carboxylic acids is 3. The molecule has 1 unspecified atom stereocenters. The molecule has 3 atom stereocenters. The Morgan fingerprint density at radius 1 is 1.29 bits per heavy atom. The fourth-order valence-corrected chi connectivity index (χ4v) is 7.39. The minimum absolute atomic E-state index is 0.0142. The van der Waals surface area contributed by atoms with Crippen LogP contribution in [0.3, 0.4) is 0 Å². The molecule has 10 heteroatoms. The van der Waals surface area contributed by atoms with Crippen molar-refractivity contribution in [1.29, 1.82) is 5.26 Å². The molecule has 0 radical (unpaired) electrons. The Labute approximate surface area is 206 Å². The van der Waals surface area contributed by atoms with Crippen LogP contribution in [0.25, 0.3) is 0 Å². The van der Waals surface area contributed by atoms with Gasteiger partial charge in [0.1, 0.15) is 26.5 Å². The Morgan fingerprint density at radius 2 is 2.06 bits per heavy atom. The number of carbonyl (C=O) groups is 3. The number of hydrogen-bond acceptors (Lipinski definition) is 5. The number of amides is 3. The highest BCUT2D eigenvalue weighted by atomic mass is 35.5. The number of rotatable bonds is 9. The topological polar surface area (TPSA) is 120 Å². The maximum Gasteiger partial charge on any atom is 0.408 e. The molecule has 3 N–H and O–H groups in total. The molecule has 0 aromatic heterocycles. The standard InChI is InChI=1S/C24H31ClN4O4Si/c1-23(6-7-23)13-19(20(30)28-18(14-26)15-34-11-3-10-27-22(34)32)29-21(31)33-24(8-9-24)16-4-2-5-17(25)12-16/h2,4-5,12,18-19,34H,3,6-11,13,15H2,1H3,(H,27,32)(H,28,30)(H,29,31)/t18-,19?,34+/m1/s1. The van der Waals surface area contributed by atoms with E-state index in [1.807, 2.05) is 12.1 Å². The highest BCUT2D eigenvalue weighted by Gasteiger charge is 2.49. The second-order valence-corrected chi connectivity index (χ2v) is 13.6. The molecular weight excluding hydrogens is 472 g/mol. The Balaban J connectivity index is 1.39. The van der Waals surface area contributed by atoms with Gasteiger partial charge in [-0.1, -0.05) is 30.7 Å². The van der Waals surface area contributed by atoms with Crippen molar-refractivity contribution in [2.24, 2.45) is 5.41 Å². The Hall–Kier alpha value is -2.57. The summed E-state index contributed by atoms with van der Waals surface area (Å²) >= 11 is 6.10. The van der Waals surface area contributed by atoms with Gasteiger partial charge in [-0.2, -0.15) is 5.26 Å². The van der Waals surface area contributed by atoms with Crippen molar-refractivity contribution < 1.29 is 19.1 Å². The van der Waals surface area contributed by atoms with Gasteiger partial charge in [0.05, 0.1) is 6.07 Å². The highest BCUT2D eigenvalue weighted by molar-refractivity contribution is 6.90. The highest BCUT2D eigenvalue weighted by Crippen LogP contribution is 2.50. The summed E-state index contributed by atoms with van der Waals surface area (Å²) in [7, 11) is -1.81. The number of halogens is 1. The summed E-state index contributed by atoms with van der Waals surface area (Å²) in [5, 5.41) is 18.6. The van der Waals surface area contributed by atoms with Crippen LogP contribution >= 0.6 is 11.6 Å². The van der Waals surface area contributed by atoms with Crippen molar-refractivity contribution in [3.05, 3.63) is 34.9 Å². The molecule has 3 amide bonds. The third-order valence-electron chi connectivity index (χ3n) is 7.14. The molecule has 0 bridgehead atoms. The minimum atomic E-state index is -1.81. The van der Waals surface area contributed by atoms with E-state index >= 15 is 0 Å². The summed E-state index contributed by atoms with van der Waals surface area (Å²) in [6.07, 6.45) is 4.08. The Kier molecular flexibility index (Phi) is 7.19. The lowest BCUT2D eigenvalue weighted by Crippen LogP contribution is -2.52.